The molecule has 1 heterocycles. The van der Waals surface area contributed by atoms with Gasteiger partial charge in [-0.05, 0) is 30.7 Å². The summed E-state index contributed by atoms with van der Waals surface area (Å²) >= 11 is 4.93. The summed E-state index contributed by atoms with van der Waals surface area (Å²) in [5.41, 5.74) is 6.80. The predicted octanol–water partition coefficient (Wildman–Crippen LogP) is 1.58. The average Bonchev–Trinajstić information content (AvgIpc) is 2.18. The van der Waals surface area contributed by atoms with E-state index in [1.54, 1.807) is 12.4 Å². The summed E-state index contributed by atoms with van der Waals surface area (Å²) in [4.78, 5) is 6.79. The zero-order valence-corrected chi connectivity index (χ0v) is 9.83. The lowest BCUT2D eigenvalue weighted by Gasteiger charge is -2.20. The molecule has 2 N–H and O–H groups in total. The minimum absolute atomic E-state index is 0.553. The minimum atomic E-state index is 0.553. The molecule has 0 amide bonds. The summed E-state index contributed by atoms with van der Waals surface area (Å²) in [6.07, 6.45) is 4.72. The fraction of sp³-hybridized carbons (Fsp3) is 0.455. The summed E-state index contributed by atoms with van der Waals surface area (Å²) in [5.74, 6) is 0. The molecular weight excluding hydrogens is 206 g/mol. The number of nitrogens with two attached hydrogens (primary N) is 1. The van der Waals surface area contributed by atoms with Gasteiger partial charge in [0.1, 0.15) is 0 Å². The van der Waals surface area contributed by atoms with Crippen LogP contribution in [0.3, 0.4) is 0 Å². The molecule has 15 heavy (non-hydrogen) atoms. The number of nitrogens with zero attached hydrogens (tertiary/aromatic N) is 2. The van der Waals surface area contributed by atoms with Crippen molar-refractivity contribution in [3.05, 3.63) is 30.1 Å². The molecule has 0 aromatic carbocycles. The zero-order valence-electron chi connectivity index (χ0n) is 9.02. The standard InChI is InChI=1S/C11H17N3S/c1-2-7-14(9-11(12)15)8-10-3-5-13-6-4-10/h3-6H,2,7-9H2,1H3,(H2,12,15). The van der Waals surface area contributed by atoms with E-state index >= 15 is 0 Å². The van der Waals surface area contributed by atoms with Gasteiger partial charge in [0.05, 0.1) is 4.99 Å². The molecule has 0 unspecified atom stereocenters. The Bertz CT molecular complexity index is 300. The van der Waals surface area contributed by atoms with Gasteiger partial charge < -0.3 is 5.73 Å². The maximum absolute atomic E-state index is 5.55. The zero-order chi connectivity index (χ0) is 11.1. The molecule has 0 radical (unpaired) electrons. The van der Waals surface area contributed by atoms with Crippen LogP contribution >= 0.6 is 12.2 Å². The molecule has 3 nitrogen and oxygen atoms in total. The summed E-state index contributed by atoms with van der Waals surface area (Å²) in [5, 5.41) is 0. The van der Waals surface area contributed by atoms with E-state index in [2.05, 4.69) is 16.8 Å². The highest BCUT2D eigenvalue weighted by molar-refractivity contribution is 7.80. The fourth-order valence-corrected chi connectivity index (χ4v) is 1.68. The Hall–Kier alpha value is -1.00. The second-order valence-corrected chi connectivity index (χ2v) is 4.06. The Labute approximate surface area is 96.3 Å². The van der Waals surface area contributed by atoms with Crippen molar-refractivity contribution in [2.75, 3.05) is 13.1 Å². The molecule has 0 fully saturated rings. The van der Waals surface area contributed by atoms with Gasteiger partial charge >= 0.3 is 0 Å². The van der Waals surface area contributed by atoms with Crippen molar-refractivity contribution in [3.63, 3.8) is 0 Å². The highest BCUT2D eigenvalue weighted by atomic mass is 32.1. The molecule has 82 valence electrons. The van der Waals surface area contributed by atoms with E-state index in [1.807, 2.05) is 12.1 Å². The Kier molecular flexibility index (Phi) is 5.21. The molecule has 4 heteroatoms. The molecule has 1 aromatic heterocycles. The van der Waals surface area contributed by atoms with Crippen LogP contribution in [0.25, 0.3) is 0 Å². The van der Waals surface area contributed by atoms with Gasteiger partial charge in [-0.15, -0.1) is 0 Å². The maximum atomic E-state index is 5.55. The predicted molar refractivity (Wildman–Crippen MR) is 66.6 cm³/mol. The van der Waals surface area contributed by atoms with Crippen LogP contribution in [0.15, 0.2) is 24.5 Å². The van der Waals surface area contributed by atoms with Crippen molar-refractivity contribution in [2.24, 2.45) is 5.73 Å². The molecular formula is C11H17N3S. The number of hydrogen-bond acceptors (Lipinski definition) is 3. The van der Waals surface area contributed by atoms with Crippen LogP contribution < -0.4 is 5.73 Å². The first kappa shape index (κ1) is 12.1. The van der Waals surface area contributed by atoms with Gasteiger partial charge in [0.25, 0.3) is 0 Å². The normalized spacial score (nSPS) is 10.5. The Morgan fingerprint density at radius 2 is 2.13 bits per heavy atom. The Balaban J connectivity index is 2.54. The van der Waals surface area contributed by atoms with Crippen molar-refractivity contribution < 1.29 is 0 Å². The number of aromatic nitrogens is 1. The first-order valence-electron chi connectivity index (χ1n) is 5.12. The van der Waals surface area contributed by atoms with Crippen LogP contribution in [-0.2, 0) is 6.54 Å². The SMILES string of the molecule is CCCN(CC(N)=S)Cc1ccncc1. The Morgan fingerprint density at radius 3 is 2.67 bits per heavy atom. The lowest BCUT2D eigenvalue weighted by molar-refractivity contribution is 0.304. The number of thiocarbonyl (C=S) groups is 1. The van der Waals surface area contributed by atoms with Crippen LogP contribution in [0.1, 0.15) is 18.9 Å². The van der Waals surface area contributed by atoms with E-state index in [0.717, 1.165) is 19.5 Å². The number of hydrogen-bond donors (Lipinski definition) is 1. The topological polar surface area (TPSA) is 42.1 Å². The van der Waals surface area contributed by atoms with Crippen molar-refractivity contribution >= 4 is 17.2 Å². The van der Waals surface area contributed by atoms with E-state index in [1.165, 1.54) is 5.56 Å². The number of pyridine rings is 1. The lowest BCUT2D eigenvalue weighted by Crippen LogP contribution is -2.32. The first-order valence-corrected chi connectivity index (χ1v) is 5.52. The molecule has 0 spiro atoms. The van der Waals surface area contributed by atoms with Gasteiger partial charge in [-0.2, -0.15) is 0 Å². The first-order chi connectivity index (χ1) is 7.22. The summed E-state index contributed by atoms with van der Waals surface area (Å²) in [6, 6.07) is 4.03. The summed E-state index contributed by atoms with van der Waals surface area (Å²) in [6.45, 7) is 4.73. The third-order valence-corrected chi connectivity index (χ3v) is 2.20. The van der Waals surface area contributed by atoms with Gasteiger partial charge in [0.15, 0.2) is 0 Å². The van der Waals surface area contributed by atoms with E-state index in [4.69, 9.17) is 18.0 Å². The van der Waals surface area contributed by atoms with Gasteiger partial charge in [0.2, 0.25) is 0 Å². The summed E-state index contributed by atoms with van der Waals surface area (Å²) < 4.78 is 0. The second-order valence-electron chi connectivity index (χ2n) is 3.53. The molecule has 1 aromatic rings. The van der Waals surface area contributed by atoms with Crippen LogP contribution in [0, 0.1) is 0 Å². The van der Waals surface area contributed by atoms with Crippen molar-refractivity contribution in [3.8, 4) is 0 Å². The molecule has 1 rings (SSSR count). The highest BCUT2D eigenvalue weighted by Crippen LogP contribution is 2.03. The largest absolute Gasteiger partial charge is 0.392 e. The smallest absolute Gasteiger partial charge is 0.0870 e. The van der Waals surface area contributed by atoms with E-state index in [-0.39, 0.29) is 0 Å². The molecule has 0 saturated carbocycles. The third-order valence-electron chi connectivity index (χ3n) is 2.07. The molecule has 0 saturated heterocycles. The van der Waals surface area contributed by atoms with E-state index in [9.17, 15) is 0 Å². The summed E-state index contributed by atoms with van der Waals surface area (Å²) in [7, 11) is 0. The molecule has 0 aliphatic heterocycles. The van der Waals surface area contributed by atoms with Crippen molar-refractivity contribution in [1.82, 2.24) is 9.88 Å². The molecule has 0 aliphatic carbocycles. The van der Waals surface area contributed by atoms with E-state index in [0.29, 0.717) is 11.5 Å². The highest BCUT2D eigenvalue weighted by Gasteiger charge is 2.05. The maximum Gasteiger partial charge on any atom is 0.0870 e. The van der Waals surface area contributed by atoms with Crippen LogP contribution in [0.2, 0.25) is 0 Å². The third kappa shape index (κ3) is 4.85. The van der Waals surface area contributed by atoms with E-state index < -0.39 is 0 Å². The fourth-order valence-electron chi connectivity index (χ4n) is 1.50. The monoisotopic (exact) mass is 223 g/mol. The minimum Gasteiger partial charge on any atom is -0.392 e. The van der Waals surface area contributed by atoms with Crippen LogP contribution in [0.4, 0.5) is 0 Å². The number of rotatable bonds is 6. The van der Waals surface area contributed by atoms with Crippen molar-refractivity contribution in [1.29, 1.82) is 0 Å². The quantitative estimate of drug-likeness (QED) is 0.744. The van der Waals surface area contributed by atoms with Gasteiger partial charge in [0, 0.05) is 25.5 Å². The van der Waals surface area contributed by atoms with Crippen LogP contribution in [-0.4, -0.2) is 28.0 Å². The molecule has 0 atom stereocenters. The van der Waals surface area contributed by atoms with Gasteiger partial charge in [-0.25, -0.2) is 0 Å². The Morgan fingerprint density at radius 1 is 1.47 bits per heavy atom. The van der Waals surface area contributed by atoms with Crippen molar-refractivity contribution in [2.45, 2.75) is 19.9 Å². The average molecular weight is 223 g/mol. The molecule has 0 bridgehead atoms. The van der Waals surface area contributed by atoms with Crippen LogP contribution in [0.5, 0.6) is 0 Å². The second kappa shape index (κ2) is 6.48. The lowest BCUT2D eigenvalue weighted by atomic mass is 10.2. The van der Waals surface area contributed by atoms with Gasteiger partial charge in [-0.1, -0.05) is 19.1 Å². The molecule has 0 aliphatic rings. The van der Waals surface area contributed by atoms with Gasteiger partial charge in [-0.3, -0.25) is 9.88 Å².